The standard InChI is InChI=1S/C31H29ClN8O3/c1-19-27(31(42)40(38(19)2)25-6-4-3-5-23(25)32)30(41)36-22-9-7-20(8-10-22)28-29(33)35-18-24(37-28)21-11-12-34-26(17-21)39-13-15-43-16-14-39/h3-12,17-18H,13-16H2,1-2H3,(H2,33,35)(H,36,41). The smallest absolute Gasteiger partial charge is 0.284 e. The zero-order valence-corrected chi connectivity index (χ0v) is 24.4. The number of nitrogens with one attached hydrogen (secondary N) is 1. The number of carbonyl (C=O) groups excluding carboxylic acids is 1. The summed E-state index contributed by atoms with van der Waals surface area (Å²) in [7, 11) is 1.71. The molecule has 3 aromatic heterocycles. The Balaban J connectivity index is 1.24. The lowest BCUT2D eigenvalue weighted by Crippen LogP contribution is -2.36. The van der Waals surface area contributed by atoms with E-state index >= 15 is 0 Å². The van der Waals surface area contributed by atoms with Gasteiger partial charge in [-0.3, -0.25) is 14.3 Å². The van der Waals surface area contributed by atoms with Crippen LogP contribution in [0.15, 0.2) is 77.9 Å². The van der Waals surface area contributed by atoms with Gasteiger partial charge < -0.3 is 20.7 Å². The van der Waals surface area contributed by atoms with Crippen molar-refractivity contribution in [3.05, 3.63) is 99.7 Å². The minimum absolute atomic E-state index is 0.0307. The summed E-state index contributed by atoms with van der Waals surface area (Å²) in [5.74, 6) is 0.614. The lowest BCUT2D eigenvalue weighted by Gasteiger charge is -2.28. The number of para-hydroxylation sites is 1. The van der Waals surface area contributed by atoms with Crippen LogP contribution in [0, 0.1) is 6.92 Å². The number of halogens is 1. The third-order valence-electron chi connectivity index (χ3n) is 7.45. The van der Waals surface area contributed by atoms with Crippen LogP contribution >= 0.6 is 11.6 Å². The topological polar surface area (TPSA) is 133 Å². The highest BCUT2D eigenvalue weighted by atomic mass is 35.5. The van der Waals surface area contributed by atoms with Gasteiger partial charge in [0.25, 0.3) is 11.5 Å². The quantitative estimate of drug-likeness (QED) is 0.296. The second-order valence-electron chi connectivity index (χ2n) is 10.1. The number of nitrogen functional groups attached to an aromatic ring is 1. The van der Waals surface area contributed by atoms with Gasteiger partial charge in [0.1, 0.15) is 22.9 Å². The minimum Gasteiger partial charge on any atom is -0.382 e. The first kappa shape index (κ1) is 28.1. The summed E-state index contributed by atoms with van der Waals surface area (Å²) in [6, 6.07) is 17.9. The molecule has 1 aliphatic heterocycles. The summed E-state index contributed by atoms with van der Waals surface area (Å²) in [4.78, 5) is 42.5. The molecule has 0 spiro atoms. The zero-order chi connectivity index (χ0) is 30.1. The maximum Gasteiger partial charge on any atom is 0.284 e. The van der Waals surface area contributed by atoms with Crippen molar-refractivity contribution in [2.75, 3.05) is 42.3 Å². The Morgan fingerprint density at radius 1 is 1.02 bits per heavy atom. The first-order valence-electron chi connectivity index (χ1n) is 13.7. The molecule has 11 nitrogen and oxygen atoms in total. The molecule has 0 atom stereocenters. The number of pyridine rings is 1. The average molecular weight is 597 g/mol. The van der Waals surface area contributed by atoms with Crippen LogP contribution in [-0.2, 0) is 11.8 Å². The monoisotopic (exact) mass is 596 g/mol. The fourth-order valence-corrected chi connectivity index (χ4v) is 5.28. The Kier molecular flexibility index (Phi) is 7.66. The van der Waals surface area contributed by atoms with Crippen molar-refractivity contribution in [1.29, 1.82) is 0 Å². The summed E-state index contributed by atoms with van der Waals surface area (Å²) in [5, 5.41) is 3.23. The lowest BCUT2D eigenvalue weighted by atomic mass is 10.1. The van der Waals surface area contributed by atoms with Gasteiger partial charge in [0.05, 0.1) is 41.5 Å². The van der Waals surface area contributed by atoms with Crippen LogP contribution in [0.1, 0.15) is 16.1 Å². The molecule has 0 aliphatic carbocycles. The summed E-state index contributed by atoms with van der Waals surface area (Å²) in [6.07, 6.45) is 3.40. The van der Waals surface area contributed by atoms with E-state index in [1.807, 2.05) is 12.1 Å². The average Bonchev–Trinajstić information content (AvgIpc) is 3.25. The molecule has 6 rings (SSSR count). The van der Waals surface area contributed by atoms with Crippen molar-refractivity contribution >= 4 is 34.8 Å². The van der Waals surface area contributed by atoms with Crippen LogP contribution in [0.2, 0.25) is 5.02 Å². The van der Waals surface area contributed by atoms with Crippen LogP contribution in [0.25, 0.3) is 28.2 Å². The molecule has 0 bridgehead atoms. The van der Waals surface area contributed by atoms with E-state index < -0.39 is 11.5 Å². The van der Waals surface area contributed by atoms with E-state index in [-0.39, 0.29) is 11.4 Å². The van der Waals surface area contributed by atoms with Crippen molar-refractivity contribution in [2.45, 2.75) is 6.92 Å². The van der Waals surface area contributed by atoms with Gasteiger partial charge in [-0.25, -0.2) is 19.6 Å². The molecular formula is C31H29ClN8O3. The van der Waals surface area contributed by atoms with E-state index in [1.165, 1.54) is 4.68 Å². The number of rotatable bonds is 6. The molecule has 0 radical (unpaired) electrons. The number of anilines is 3. The Bertz CT molecular complexity index is 1880. The van der Waals surface area contributed by atoms with Gasteiger partial charge >= 0.3 is 0 Å². The van der Waals surface area contributed by atoms with Gasteiger partial charge in [0, 0.05) is 43.1 Å². The summed E-state index contributed by atoms with van der Waals surface area (Å²) >= 11 is 6.33. The molecule has 43 heavy (non-hydrogen) atoms. The molecule has 218 valence electrons. The number of amides is 1. The highest BCUT2D eigenvalue weighted by molar-refractivity contribution is 6.32. The first-order valence-corrected chi connectivity index (χ1v) is 14.1. The molecule has 2 aromatic carbocycles. The lowest BCUT2D eigenvalue weighted by molar-refractivity contribution is 0.102. The Morgan fingerprint density at radius 3 is 2.51 bits per heavy atom. The molecule has 3 N–H and O–H groups in total. The summed E-state index contributed by atoms with van der Waals surface area (Å²) in [5.41, 5.74) is 10.1. The number of nitrogens with two attached hydrogens (primary N) is 1. The van der Waals surface area contributed by atoms with Crippen molar-refractivity contribution < 1.29 is 9.53 Å². The highest BCUT2D eigenvalue weighted by Gasteiger charge is 2.23. The van der Waals surface area contributed by atoms with E-state index in [2.05, 4.69) is 20.2 Å². The SMILES string of the molecule is Cc1c(C(=O)Nc2ccc(-c3nc(-c4ccnc(N5CCOCC5)c4)cnc3N)cc2)c(=O)n(-c2ccccc2Cl)n1C. The molecule has 1 aliphatic rings. The second kappa shape index (κ2) is 11.7. The molecule has 1 fully saturated rings. The van der Waals surface area contributed by atoms with Gasteiger partial charge in [-0.2, -0.15) is 0 Å². The fourth-order valence-electron chi connectivity index (χ4n) is 5.06. The molecule has 0 saturated carbocycles. The predicted octanol–water partition coefficient (Wildman–Crippen LogP) is 4.33. The largest absolute Gasteiger partial charge is 0.382 e. The third-order valence-corrected chi connectivity index (χ3v) is 7.77. The molecule has 12 heteroatoms. The van der Waals surface area contributed by atoms with E-state index in [9.17, 15) is 9.59 Å². The third kappa shape index (κ3) is 5.47. The minimum atomic E-state index is -0.522. The normalized spacial score (nSPS) is 13.2. The number of aromatic nitrogens is 5. The van der Waals surface area contributed by atoms with Gasteiger partial charge in [-0.05, 0) is 43.3 Å². The van der Waals surface area contributed by atoms with Crippen molar-refractivity contribution in [3.63, 3.8) is 0 Å². The Hall–Kier alpha value is -5.00. The molecule has 0 unspecified atom stereocenters. The summed E-state index contributed by atoms with van der Waals surface area (Å²) < 4.78 is 8.45. The molecular weight excluding hydrogens is 568 g/mol. The van der Waals surface area contributed by atoms with Gasteiger partial charge in [-0.1, -0.05) is 35.9 Å². The van der Waals surface area contributed by atoms with Crippen LogP contribution in [0.3, 0.4) is 0 Å². The van der Waals surface area contributed by atoms with Gasteiger partial charge in [0.15, 0.2) is 0 Å². The molecule has 5 aromatic rings. The van der Waals surface area contributed by atoms with Crippen molar-refractivity contribution in [3.8, 4) is 28.2 Å². The zero-order valence-electron chi connectivity index (χ0n) is 23.6. The number of carbonyl (C=O) groups is 1. The predicted molar refractivity (Wildman–Crippen MR) is 167 cm³/mol. The second-order valence-corrected chi connectivity index (χ2v) is 10.5. The Labute approximate surface area is 252 Å². The number of nitrogens with zero attached hydrogens (tertiary/aromatic N) is 6. The van der Waals surface area contributed by atoms with E-state index in [1.54, 1.807) is 79.6 Å². The first-order chi connectivity index (χ1) is 20.8. The molecule has 1 amide bonds. The van der Waals surface area contributed by atoms with E-state index in [0.29, 0.717) is 46.7 Å². The number of hydrogen-bond donors (Lipinski definition) is 2. The van der Waals surface area contributed by atoms with E-state index in [4.69, 9.17) is 27.1 Å². The van der Waals surface area contributed by atoms with Gasteiger partial charge in [-0.15, -0.1) is 0 Å². The number of benzene rings is 2. The van der Waals surface area contributed by atoms with Crippen molar-refractivity contribution in [1.82, 2.24) is 24.3 Å². The van der Waals surface area contributed by atoms with Crippen LogP contribution in [0.5, 0.6) is 0 Å². The van der Waals surface area contributed by atoms with E-state index in [0.717, 1.165) is 30.0 Å². The Morgan fingerprint density at radius 2 is 1.77 bits per heavy atom. The van der Waals surface area contributed by atoms with Gasteiger partial charge in [0.2, 0.25) is 0 Å². The van der Waals surface area contributed by atoms with Crippen LogP contribution in [0.4, 0.5) is 17.3 Å². The molecule has 4 heterocycles. The summed E-state index contributed by atoms with van der Waals surface area (Å²) in [6.45, 7) is 4.60. The maximum atomic E-state index is 13.3. The molecule has 1 saturated heterocycles. The highest BCUT2D eigenvalue weighted by Crippen LogP contribution is 2.29. The fraction of sp³-hybridized carbons (Fsp3) is 0.194. The number of ether oxygens (including phenoxy) is 1. The van der Waals surface area contributed by atoms with Crippen LogP contribution in [-0.4, -0.2) is 56.5 Å². The number of hydrogen-bond acceptors (Lipinski definition) is 8. The maximum absolute atomic E-state index is 13.3. The number of morpholine rings is 1. The van der Waals surface area contributed by atoms with Crippen LogP contribution < -0.4 is 21.5 Å². The van der Waals surface area contributed by atoms with Crippen molar-refractivity contribution in [2.24, 2.45) is 7.05 Å².